The van der Waals surface area contributed by atoms with Crippen LogP contribution in [0.25, 0.3) is 0 Å². The molecule has 1 heterocycles. The van der Waals surface area contributed by atoms with Crippen molar-refractivity contribution in [3.63, 3.8) is 0 Å². The van der Waals surface area contributed by atoms with E-state index in [4.69, 9.17) is 0 Å². The Kier molecular flexibility index (Phi) is 3.86. The highest BCUT2D eigenvalue weighted by Gasteiger charge is 2.37. The van der Waals surface area contributed by atoms with Gasteiger partial charge in [0.05, 0.1) is 5.56 Å². The average Bonchev–Trinajstić information content (AvgIpc) is 3.30. The smallest absolute Gasteiger partial charge is 0.366 e. The van der Waals surface area contributed by atoms with Crippen molar-refractivity contribution in [1.82, 2.24) is 5.32 Å². The third kappa shape index (κ3) is 3.18. The maximum absolute atomic E-state index is 12.7. The number of benzene rings is 1. The minimum Gasteiger partial charge on any atom is -0.366 e. The van der Waals surface area contributed by atoms with Crippen LogP contribution in [0, 0.1) is 5.92 Å². The number of nitrogens with one attached hydrogen (secondary N) is 1. The third-order valence-corrected chi connectivity index (χ3v) is 4.64. The van der Waals surface area contributed by atoms with E-state index in [1.807, 2.05) is 0 Å². The lowest BCUT2D eigenvalue weighted by Crippen LogP contribution is -2.57. The molecule has 0 amide bonds. The molecule has 2 nitrogen and oxygen atoms in total. The van der Waals surface area contributed by atoms with Crippen molar-refractivity contribution in [3.05, 3.63) is 29.8 Å². The Labute approximate surface area is 123 Å². The molecule has 0 radical (unpaired) electrons. The summed E-state index contributed by atoms with van der Waals surface area (Å²) in [5.74, 6) is 0.750. The Morgan fingerprint density at radius 2 is 1.86 bits per heavy atom. The van der Waals surface area contributed by atoms with E-state index in [9.17, 15) is 13.2 Å². The first-order valence-corrected chi connectivity index (χ1v) is 7.66. The van der Waals surface area contributed by atoms with Crippen LogP contribution in [0.15, 0.2) is 24.3 Å². The fourth-order valence-electron chi connectivity index (χ4n) is 3.16. The van der Waals surface area contributed by atoms with Crippen LogP contribution in [0.3, 0.4) is 0 Å². The SMILES string of the molecule is CCC1CNC(C2CC2)CN1c1ccc(C(F)(F)F)cc1. The van der Waals surface area contributed by atoms with Crippen LogP contribution in [0.2, 0.25) is 0 Å². The monoisotopic (exact) mass is 298 g/mol. The Morgan fingerprint density at radius 1 is 1.19 bits per heavy atom. The van der Waals surface area contributed by atoms with Gasteiger partial charge < -0.3 is 10.2 Å². The zero-order valence-electron chi connectivity index (χ0n) is 12.2. The van der Waals surface area contributed by atoms with Gasteiger partial charge in [0, 0.05) is 30.9 Å². The second kappa shape index (κ2) is 5.52. The fourth-order valence-corrected chi connectivity index (χ4v) is 3.16. The normalized spacial score (nSPS) is 27.0. The number of rotatable bonds is 3. The van der Waals surface area contributed by atoms with Crippen LogP contribution < -0.4 is 10.2 Å². The van der Waals surface area contributed by atoms with Crippen molar-refractivity contribution < 1.29 is 13.2 Å². The van der Waals surface area contributed by atoms with E-state index < -0.39 is 11.7 Å². The minimum atomic E-state index is -4.26. The summed E-state index contributed by atoms with van der Waals surface area (Å²) in [6.45, 7) is 3.94. The lowest BCUT2D eigenvalue weighted by molar-refractivity contribution is -0.137. The largest absolute Gasteiger partial charge is 0.416 e. The molecule has 116 valence electrons. The first kappa shape index (κ1) is 14.7. The average molecular weight is 298 g/mol. The summed E-state index contributed by atoms with van der Waals surface area (Å²) in [6, 6.07) is 6.44. The molecule has 0 spiro atoms. The molecule has 1 aliphatic carbocycles. The molecular weight excluding hydrogens is 277 g/mol. The molecule has 2 fully saturated rings. The summed E-state index contributed by atoms with van der Waals surface area (Å²) in [4.78, 5) is 2.28. The molecule has 1 N–H and O–H groups in total. The van der Waals surface area contributed by atoms with Crippen molar-refractivity contribution in [3.8, 4) is 0 Å². The van der Waals surface area contributed by atoms with Gasteiger partial charge >= 0.3 is 6.18 Å². The summed E-state index contributed by atoms with van der Waals surface area (Å²) in [5, 5.41) is 3.60. The van der Waals surface area contributed by atoms with Crippen LogP contribution in [0.1, 0.15) is 31.7 Å². The number of anilines is 1. The molecule has 0 bridgehead atoms. The summed E-state index contributed by atoms with van der Waals surface area (Å²) in [7, 11) is 0. The lowest BCUT2D eigenvalue weighted by Gasteiger charge is -2.42. The van der Waals surface area contributed by atoms with Gasteiger partial charge in [-0.1, -0.05) is 6.92 Å². The molecule has 3 rings (SSSR count). The van der Waals surface area contributed by atoms with Gasteiger partial charge in [-0.25, -0.2) is 0 Å². The Morgan fingerprint density at radius 3 is 2.38 bits per heavy atom. The standard InChI is InChI=1S/C16H21F3N2/c1-2-13-9-20-15(11-3-4-11)10-21(13)14-7-5-12(6-8-14)16(17,18)19/h5-8,11,13,15,20H,2-4,9-10H2,1H3. The number of halogens is 3. The molecule has 1 saturated heterocycles. The number of piperazine rings is 1. The van der Waals surface area contributed by atoms with Gasteiger partial charge in [0.1, 0.15) is 0 Å². The number of hydrogen-bond donors (Lipinski definition) is 1. The highest BCUT2D eigenvalue weighted by molar-refractivity contribution is 5.50. The molecule has 5 heteroatoms. The quantitative estimate of drug-likeness (QED) is 0.916. The minimum absolute atomic E-state index is 0.358. The van der Waals surface area contributed by atoms with Crippen molar-refractivity contribution in [2.75, 3.05) is 18.0 Å². The van der Waals surface area contributed by atoms with E-state index in [0.29, 0.717) is 12.1 Å². The first-order chi connectivity index (χ1) is 9.99. The highest BCUT2D eigenvalue weighted by Crippen LogP contribution is 2.36. The van der Waals surface area contributed by atoms with E-state index in [0.717, 1.165) is 31.1 Å². The molecule has 2 atom stereocenters. The van der Waals surface area contributed by atoms with E-state index in [2.05, 4.69) is 17.1 Å². The van der Waals surface area contributed by atoms with Gasteiger partial charge in [0.25, 0.3) is 0 Å². The zero-order valence-corrected chi connectivity index (χ0v) is 12.2. The second-order valence-electron chi connectivity index (χ2n) is 6.11. The Balaban J connectivity index is 1.78. The fraction of sp³-hybridized carbons (Fsp3) is 0.625. The molecule has 1 aromatic rings. The molecule has 2 aliphatic rings. The number of alkyl halides is 3. The predicted octanol–water partition coefficient (Wildman–Crippen LogP) is 3.67. The third-order valence-electron chi connectivity index (χ3n) is 4.64. The molecule has 1 saturated carbocycles. The van der Waals surface area contributed by atoms with Crippen molar-refractivity contribution >= 4 is 5.69 Å². The van der Waals surface area contributed by atoms with Gasteiger partial charge in [-0.15, -0.1) is 0 Å². The van der Waals surface area contributed by atoms with Gasteiger partial charge in [0.15, 0.2) is 0 Å². The summed E-state index contributed by atoms with van der Waals surface area (Å²) < 4.78 is 38.0. The second-order valence-corrected chi connectivity index (χ2v) is 6.11. The van der Waals surface area contributed by atoms with Crippen LogP contribution in [-0.4, -0.2) is 25.2 Å². The van der Waals surface area contributed by atoms with Gasteiger partial charge in [-0.05, 0) is 49.4 Å². The topological polar surface area (TPSA) is 15.3 Å². The van der Waals surface area contributed by atoms with E-state index >= 15 is 0 Å². The van der Waals surface area contributed by atoms with Gasteiger partial charge in [-0.3, -0.25) is 0 Å². The zero-order chi connectivity index (χ0) is 15.0. The van der Waals surface area contributed by atoms with E-state index in [1.54, 1.807) is 12.1 Å². The van der Waals surface area contributed by atoms with Crippen LogP contribution in [0.5, 0.6) is 0 Å². The van der Waals surface area contributed by atoms with Crippen molar-refractivity contribution in [1.29, 1.82) is 0 Å². The first-order valence-electron chi connectivity index (χ1n) is 7.66. The molecule has 0 aromatic heterocycles. The Hall–Kier alpha value is -1.23. The summed E-state index contributed by atoms with van der Waals surface area (Å²) in [6.07, 6.45) is -0.723. The van der Waals surface area contributed by atoms with E-state index in [1.165, 1.54) is 25.0 Å². The summed E-state index contributed by atoms with van der Waals surface area (Å²) >= 11 is 0. The molecular formula is C16H21F3N2. The van der Waals surface area contributed by atoms with Crippen LogP contribution in [0.4, 0.5) is 18.9 Å². The lowest BCUT2D eigenvalue weighted by atomic mass is 10.0. The molecule has 1 aliphatic heterocycles. The Bertz CT molecular complexity index is 479. The van der Waals surface area contributed by atoms with Crippen LogP contribution in [-0.2, 0) is 6.18 Å². The molecule has 2 unspecified atom stereocenters. The van der Waals surface area contributed by atoms with Crippen molar-refractivity contribution in [2.24, 2.45) is 5.92 Å². The maximum atomic E-state index is 12.7. The summed E-state index contributed by atoms with van der Waals surface area (Å²) in [5.41, 5.74) is 0.329. The predicted molar refractivity (Wildman–Crippen MR) is 77.4 cm³/mol. The highest BCUT2D eigenvalue weighted by atomic mass is 19.4. The van der Waals surface area contributed by atoms with E-state index in [-0.39, 0.29) is 0 Å². The van der Waals surface area contributed by atoms with Crippen molar-refractivity contribution in [2.45, 2.75) is 44.4 Å². The number of hydrogen-bond acceptors (Lipinski definition) is 2. The molecule has 1 aromatic carbocycles. The van der Waals surface area contributed by atoms with Gasteiger partial charge in [0.2, 0.25) is 0 Å². The number of nitrogens with zero attached hydrogens (tertiary/aromatic N) is 1. The van der Waals surface area contributed by atoms with Gasteiger partial charge in [-0.2, -0.15) is 13.2 Å². The van der Waals surface area contributed by atoms with Crippen LogP contribution >= 0.6 is 0 Å². The maximum Gasteiger partial charge on any atom is 0.416 e. The molecule has 21 heavy (non-hydrogen) atoms.